The molecule has 3 unspecified atom stereocenters. The van der Waals surface area contributed by atoms with Crippen molar-refractivity contribution in [2.75, 3.05) is 6.54 Å². The summed E-state index contributed by atoms with van der Waals surface area (Å²) in [6.45, 7) is 0.537. The Labute approximate surface area is 111 Å². The first-order valence-corrected chi connectivity index (χ1v) is 7.21. The Morgan fingerprint density at radius 3 is 2.61 bits per heavy atom. The highest BCUT2D eigenvalue weighted by atomic mass is 35.5. The summed E-state index contributed by atoms with van der Waals surface area (Å²) in [5, 5.41) is 2.92. The van der Waals surface area contributed by atoms with E-state index < -0.39 is 11.8 Å². The van der Waals surface area contributed by atoms with Crippen LogP contribution in [0.1, 0.15) is 44.9 Å². The van der Waals surface area contributed by atoms with Crippen LogP contribution in [0.5, 0.6) is 0 Å². The van der Waals surface area contributed by atoms with Crippen molar-refractivity contribution >= 4 is 17.5 Å². The quantitative estimate of drug-likeness (QED) is 0.789. The predicted octanol–water partition coefficient (Wildman–Crippen LogP) is 3.34. The van der Waals surface area contributed by atoms with Crippen LogP contribution in [0.4, 0.5) is 8.78 Å². The van der Waals surface area contributed by atoms with Crippen LogP contribution >= 0.6 is 11.6 Å². The molecule has 0 saturated heterocycles. The van der Waals surface area contributed by atoms with Crippen LogP contribution in [-0.4, -0.2) is 23.8 Å². The number of carbonyl (C=O) groups excluding carboxylic acids is 1. The molecule has 0 spiro atoms. The minimum atomic E-state index is -2.65. The van der Waals surface area contributed by atoms with Gasteiger partial charge in [-0.3, -0.25) is 4.79 Å². The van der Waals surface area contributed by atoms with E-state index in [2.05, 4.69) is 5.32 Å². The zero-order valence-electron chi connectivity index (χ0n) is 10.4. The second kappa shape index (κ2) is 5.72. The third kappa shape index (κ3) is 3.56. The molecular formula is C13H20ClF2NO. The summed E-state index contributed by atoms with van der Waals surface area (Å²) in [4.78, 5) is 11.8. The lowest BCUT2D eigenvalue weighted by atomic mass is 9.88. The van der Waals surface area contributed by atoms with Crippen LogP contribution in [0.15, 0.2) is 0 Å². The molecule has 0 aromatic heterocycles. The summed E-state index contributed by atoms with van der Waals surface area (Å²) < 4.78 is 26.0. The highest BCUT2D eigenvalue weighted by molar-refractivity contribution is 6.20. The molecule has 2 nitrogen and oxygen atoms in total. The Hall–Kier alpha value is -0.380. The highest BCUT2D eigenvalue weighted by Crippen LogP contribution is 2.38. The molecule has 0 aromatic carbocycles. The molecular weight excluding hydrogens is 260 g/mol. The molecule has 0 aromatic rings. The first-order valence-electron chi connectivity index (χ1n) is 6.77. The molecule has 1 N–H and O–H groups in total. The monoisotopic (exact) mass is 279 g/mol. The van der Waals surface area contributed by atoms with Gasteiger partial charge in [0.1, 0.15) is 0 Å². The Bertz CT molecular complexity index is 311. The van der Waals surface area contributed by atoms with Gasteiger partial charge in [0, 0.05) is 30.7 Å². The molecule has 104 valence electrons. The van der Waals surface area contributed by atoms with Gasteiger partial charge in [0.2, 0.25) is 11.8 Å². The van der Waals surface area contributed by atoms with Crippen molar-refractivity contribution in [1.82, 2.24) is 5.32 Å². The molecule has 0 aliphatic heterocycles. The van der Waals surface area contributed by atoms with Crippen molar-refractivity contribution in [3.8, 4) is 0 Å². The maximum atomic E-state index is 13.0. The molecule has 2 rings (SSSR count). The molecule has 2 aliphatic carbocycles. The second-order valence-corrected chi connectivity index (χ2v) is 6.16. The van der Waals surface area contributed by atoms with Crippen LogP contribution in [0.25, 0.3) is 0 Å². The number of hydrogen-bond acceptors (Lipinski definition) is 1. The van der Waals surface area contributed by atoms with Gasteiger partial charge in [-0.1, -0.05) is 12.8 Å². The van der Waals surface area contributed by atoms with Gasteiger partial charge in [-0.15, -0.1) is 11.6 Å². The molecule has 2 aliphatic rings. The fourth-order valence-electron chi connectivity index (χ4n) is 2.94. The van der Waals surface area contributed by atoms with Crippen LogP contribution < -0.4 is 5.32 Å². The molecule has 0 bridgehead atoms. The zero-order valence-corrected chi connectivity index (χ0v) is 11.2. The van der Waals surface area contributed by atoms with E-state index in [1.807, 2.05) is 0 Å². The summed E-state index contributed by atoms with van der Waals surface area (Å²) >= 11 is 6.20. The van der Waals surface area contributed by atoms with Crippen molar-refractivity contribution in [2.45, 2.75) is 56.2 Å². The maximum Gasteiger partial charge on any atom is 0.248 e. The predicted molar refractivity (Wildman–Crippen MR) is 66.9 cm³/mol. The third-order valence-corrected chi connectivity index (χ3v) is 4.70. The molecule has 1 amide bonds. The van der Waals surface area contributed by atoms with Gasteiger partial charge in [0.05, 0.1) is 0 Å². The van der Waals surface area contributed by atoms with Gasteiger partial charge in [0.15, 0.2) is 0 Å². The van der Waals surface area contributed by atoms with Crippen molar-refractivity contribution in [3.63, 3.8) is 0 Å². The SMILES string of the molecule is O=C(NCC1CCCCC1Cl)C1CCC(F)(F)C1. The number of alkyl halides is 3. The average molecular weight is 280 g/mol. The van der Waals surface area contributed by atoms with Crippen LogP contribution in [0, 0.1) is 11.8 Å². The largest absolute Gasteiger partial charge is 0.356 e. The number of hydrogen-bond donors (Lipinski definition) is 1. The summed E-state index contributed by atoms with van der Waals surface area (Å²) in [5.41, 5.74) is 0. The van der Waals surface area contributed by atoms with Crippen LogP contribution in [0.2, 0.25) is 0 Å². The van der Waals surface area contributed by atoms with Crippen LogP contribution in [0.3, 0.4) is 0 Å². The number of amides is 1. The van der Waals surface area contributed by atoms with Gasteiger partial charge in [-0.05, 0) is 25.2 Å². The lowest BCUT2D eigenvalue weighted by Gasteiger charge is -2.27. The lowest BCUT2D eigenvalue weighted by molar-refractivity contribution is -0.126. The van der Waals surface area contributed by atoms with E-state index in [4.69, 9.17) is 11.6 Å². The van der Waals surface area contributed by atoms with Crippen molar-refractivity contribution in [3.05, 3.63) is 0 Å². The minimum absolute atomic E-state index is 0.115. The standard InChI is InChI=1S/C13H20ClF2NO/c14-11-4-2-1-3-10(11)8-17-12(18)9-5-6-13(15,16)7-9/h9-11H,1-8H2,(H,17,18). The summed E-state index contributed by atoms with van der Waals surface area (Å²) in [6, 6.07) is 0. The molecule has 0 heterocycles. The Morgan fingerprint density at radius 2 is 2.00 bits per heavy atom. The topological polar surface area (TPSA) is 29.1 Å². The van der Waals surface area contributed by atoms with E-state index in [0.29, 0.717) is 18.9 Å². The lowest BCUT2D eigenvalue weighted by Crippen LogP contribution is -2.37. The average Bonchev–Trinajstić information content (AvgIpc) is 2.68. The number of nitrogens with one attached hydrogen (secondary N) is 1. The second-order valence-electron chi connectivity index (χ2n) is 5.60. The summed E-state index contributed by atoms with van der Waals surface area (Å²) in [7, 11) is 0. The van der Waals surface area contributed by atoms with E-state index >= 15 is 0 Å². The van der Waals surface area contributed by atoms with E-state index in [1.165, 1.54) is 0 Å². The number of halogens is 3. The van der Waals surface area contributed by atoms with Crippen molar-refractivity contribution in [2.24, 2.45) is 11.8 Å². The van der Waals surface area contributed by atoms with E-state index in [0.717, 1.165) is 25.7 Å². The van der Waals surface area contributed by atoms with Gasteiger partial charge in [0.25, 0.3) is 0 Å². The number of rotatable bonds is 3. The van der Waals surface area contributed by atoms with E-state index in [9.17, 15) is 13.6 Å². The molecule has 3 atom stereocenters. The van der Waals surface area contributed by atoms with Gasteiger partial charge in [-0.25, -0.2) is 8.78 Å². The third-order valence-electron chi connectivity index (χ3n) is 4.13. The Morgan fingerprint density at radius 1 is 1.28 bits per heavy atom. The Kier molecular flexibility index (Phi) is 4.46. The van der Waals surface area contributed by atoms with E-state index in [-0.39, 0.29) is 24.1 Å². The maximum absolute atomic E-state index is 13.0. The molecule has 2 saturated carbocycles. The Balaban J connectivity index is 1.75. The molecule has 5 heteroatoms. The first kappa shape index (κ1) is 14.0. The van der Waals surface area contributed by atoms with Crippen molar-refractivity contribution < 1.29 is 13.6 Å². The molecule has 2 fully saturated rings. The van der Waals surface area contributed by atoms with Gasteiger partial charge < -0.3 is 5.32 Å². The van der Waals surface area contributed by atoms with Crippen molar-refractivity contribution in [1.29, 1.82) is 0 Å². The molecule has 18 heavy (non-hydrogen) atoms. The minimum Gasteiger partial charge on any atom is -0.356 e. The van der Waals surface area contributed by atoms with Gasteiger partial charge in [-0.2, -0.15) is 0 Å². The fraction of sp³-hybridized carbons (Fsp3) is 0.923. The summed E-state index contributed by atoms with van der Waals surface area (Å²) in [6.07, 6.45) is 4.14. The first-order chi connectivity index (χ1) is 8.48. The van der Waals surface area contributed by atoms with E-state index in [1.54, 1.807) is 0 Å². The normalized spacial score (nSPS) is 35.4. The number of carbonyl (C=O) groups is 1. The smallest absolute Gasteiger partial charge is 0.248 e. The summed E-state index contributed by atoms with van der Waals surface area (Å²) in [5.74, 6) is -3.09. The van der Waals surface area contributed by atoms with Gasteiger partial charge >= 0.3 is 0 Å². The zero-order chi connectivity index (χ0) is 13.2. The fourth-order valence-corrected chi connectivity index (χ4v) is 3.31. The van der Waals surface area contributed by atoms with Crippen LogP contribution in [-0.2, 0) is 4.79 Å². The highest BCUT2D eigenvalue weighted by Gasteiger charge is 2.42. The molecule has 0 radical (unpaired) electrons.